The Hall–Kier alpha value is -2.09. The molecule has 7 nitrogen and oxygen atoms in total. The van der Waals surface area contributed by atoms with Crippen molar-refractivity contribution < 1.29 is 9.59 Å². The lowest BCUT2D eigenvalue weighted by atomic mass is 10.0. The van der Waals surface area contributed by atoms with Crippen molar-refractivity contribution in [2.75, 3.05) is 5.75 Å². The van der Waals surface area contributed by atoms with Gasteiger partial charge in [0.1, 0.15) is 5.52 Å². The van der Waals surface area contributed by atoms with Gasteiger partial charge in [0.05, 0.1) is 17.6 Å². The van der Waals surface area contributed by atoms with Gasteiger partial charge in [0, 0.05) is 17.4 Å². The Morgan fingerprint density at radius 2 is 2.17 bits per heavy atom. The summed E-state index contributed by atoms with van der Waals surface area (Å²) in [6.45, 7) is 0. The molecule has 24 heavy (non-hydrogen) atoms. The molecule has 1 aromatic carbocycles. The number of hydrogen-bond acceptors (Lipinski definition) is 5. The Labute approximate surface area is 143 Å². The molecular weight excluding hydrogens is 326 g/mol. The van der Waals surface area contributed by atoms with Gasteiger partial charge >= 0.3 is 6.03 Å². The summed E-state index contributed by atoms with van der Waals surface area (Å²) >= 11 is 1.91. The first-order chi connectivity index (χ1) is 11.7. The van der Waals surface area contributed by atoms with E-state index in [1.54, 1.807) is 0 Å². The number of carbonyl (C=O) groups is 2. The van der Waals surface area contributed by atoms with E-state index in [0.717, 1.165) is 36.0 Å². The largest absolute Gasteiger partial charge is 0.332 e. The van der Waals surface area contributed by atoms with Gasteiger partial charge in [-0.3, -0.25) is 4.79 Å². The number of nitrogens with one attached hydrogen (secondary N) is 2. The molecule has 0 bridgehead atoms. The Bertz CT molecular complexity index is 777. The first kappa shape index (κ1) is 15.4. The normalized spacial score (nSPS) is 25.5. The van der Waals surface area contributed by atoms with E-state index in [9.17, 15) is 9.59 Å². The number of urea groups is 1. The second-order valence-electron chi connectivity index (χ2n) is 6.25. The zero-order chi connectivity index (χ0) is 16.5. The van der Waals surface area contributed by atoms with Gasteiger partial charge < -0.3 is 10.6 Å². The zero-order valence-corrected chi connectivity index (χ0v) is 14.0. The summed E-state index contributed by atoms with van der Waals surface area (Å²) < 4.78 is 1.40. The maximum absolute atomic E-state index is 12.3. The van der Waals surface area contributed by atoms with E-state index in [1.807, 2.05) is 36.0 Å². The van der Waals surface area contributed by atoms with E-state index < -0.39 is 0 Å². The van der Waals surface area contributed by atoms with Crippen molar-refractivity contribution in [3.05, 3.63) is 24.3 Å². The fraction of sp³-hybridized carbons (Fsp3) is 0.500. The van der Waals surface area contributed by atoms with Crippen LogP contribution in [0.5, 0.6) is 0 Å². The molecule has 3 atom stereocenters. The molecule has 0 spiro atoms. The van der Waals surface area contributed by atoms with Crippen molar-refractivity contribution in [3.8, 4) is 0 Å². The molecule has 0 aliphatic carbocycles. The Morgan fingerprint density at radius 1 is 1.29 bits per heavy atom. The zero-order valence-electron chi connectivity index (χ0n) is 13.1. The van der Waals surface area contributed by atoms with Crippen molar-refractivity contribution in [2.45, 2.75) is 43.0 Å². The number of nitrogens with zero attached hydrogens (tertiary/aromatic N) is 3. The number of para-hydroxylation sites is 1. The highest BCUT2D eigenvalue weighted by molar-refractivity contribution is 8.00. The van der Waals surface area contributed by atoms with Crippen LogP contribution in [0.25, 0.3) is 11.0 Å². The van der Waals surface area contributed by atoms with E-state index in [4.69, 9.17) is 0 Å². The molecule has 2 N–H and O–H groups in total. The fourth-order valence-electron chi connectivity index (χ4n) is 3.42. The molecule has 0 saturated carbocycles. The summed E-state index contributed by atoms with van der Waals surface area (Å²) in [5.74, 6) is 0.953. The molecule has 2 aromatic rings. The second-order valence-corrected chi connectivity index (χ2v) is 7.52. The van der Waals surface area contributed by atoms with Gasteiger partial charge in [0.25, 0.3) is 0 Å². The maximum Gasteiger partial charge on any atom is 0.315 e. The Morgan fingerprint density at radius 3 is 3.08 bits per heavy atom. The molecular formula is C16H19N5O2S. The molecule has 2 amide bonds. The highest BCUT2D eigenvalue weighted by Crippen LogP contribution is 2.33. The van der Waals surface area contributed by atoms with Gasteiger partial charge in [-0.1, -0.05) is 23.8 Å². The number of amides is 2. The molecule has 126 valence electrons. The van der Waals surface area contributed by atoms with Crippen molar-refractivity contribution in [1.82, 2.24) is 25.6 Å². The predicted molar refractivity (Wildman–Crippen MR) is 92.1 cm³/mol. The highest BCUT2D eigenvalue weighted by Gasteiger charge is 2.42. The first-order valence-electron chi connectivity index (χ1n) is 8.24. The van der Waals surface area contributed by atoms with Gasteiger partial charge in [-0.2, -0.15) is 16.4 Å². The van der Waals surface area contributed by atoms with Gasteiger partial charge in [0.15, 0.2) is 0 Å². The minimum Gasteiger partial charge on any atom is -0.332 e. The molecule has 0 unspecified atom stereocenters. The van der Waals surface area contributed by atoms with E-state index >= 15 is 0 Å². The van der Waals surface area contributed by atoms with Crippen LogP contribution < -0.4 is 10.6 Å². The van der Waals surface area contributed by atoms with E-state index in [2.05, 4.69) is 20.9 Å². The van der Waals surface area contributed by atoms with Crippen LogP contribution >= 0.6 is 11.8 Å². The number of rotatable bonds is 5. The van der Waals surface area contributed by atoms with Crippen molar-refractivity contribution >= 4 is 34.7 Å². The lowest BCUT2D eigenvalue weighted by Crippen LogP contribution is -2.36. The van der Waals surface area contributed by atoms with E-state index in [1.165, 1.54) is 4.68 Å². The smallest absolute Gasteiger partial charge is 0.315 e. The molecule has 2 fully saturated rings. The molecule has 2 saturated heterocycles. The van der Waals surface area contributed by atoms with Gasteiger partial charge in [-0.05, 0) is 25.0 Å². The third kappa shape index (κ3) is 2.86. The van der Waals surface area contributed by atoms with Crippen LogP contribution in [0.1, 0.15) is 30.5 Å². The minimum atomic E-state index is -0.0523. The number of benzene rings is 1. The average molecular weight is 345 g/mol. The van der Waals surface area contributed by atoms with Crippen LogP contribution in [0.2, 0.25) is 0 Å². The quantitative estimate of drug-likeness (QED) is 0.637. The molecule has 4 rings (SSSR count). The molecule has 2 aliphatic rings. The monoisotopic (exact) mass is 345 g/mol. The van der Waals surface area contributed by atoms with Gasteiger partial charge in [0.2, 0.25) is 5.91 Å². The summed E-state index contributed by atoms with van der Waals surface area (Å²) in [4.78, 5) is 23.7. The van der Waals surface area contributed by atoms with Gasteiger partial charge in [-0.15, -0.1) is 5.10 Å². The molecule has 0 radical (unpaired) electrons. The van der Waals surface area contributed by atoms with Crippen LogP contribution in [-0.2, 0) is 0 Å². The maximum atomic E-state index is 12.3. The minimum absolute atomic E-state index is 0.0171. The number of thioether (sulfide) groups is 1. The summed E-state index contributed by atoms with van der Waals surface area (Å²) in [5, 5.41) is 14.4. The Balaban J connectivity index is 1.27. The molecule has 2 aliphatic heterocycles. The lowest BCUT2D eigenvalue weighted by Gasteiger charge is -2.16. The topological polar surface area (TPSA) is 88.9 Å². The van der Waals surface area contributed by atoms with Crippen LogP contribution in [0.4, 0.5) is 4.79 Å². The van der Waals surface area contributed by atoms with Gasteiger partial charge in [-0.25, -0.2) is 4.79 Å². The van der Waals surface area contributed by atoms with Crippen molar-refractivity contribution in [2.24, 2.45) is 0 Å². The number of hydrogen-bond donors (Lipinski definition) is 2. The van der Waals surface area contributed by atoms with Crippen LogP contribution in [0, 0.1) is 0 Å². The predicted octanol–water partition coefficient (Wildman–Crippen LogP) is 1.80. The average Bonchev–Trinajstić information content (AvgIpc) is 3.25. The molecule has 1 aromatic heterocycles. The van der Waals surface area contributed by atoms with Crippen molar-refractivity contribution in [3.63, 3.8) is 0 Å². The number of unbranched alkanes of at least 4 members (excludes halogenated alkanes) is 1. The summed E-state index contributed by atoms with van der Waals surface area (Å²) in [6.07, 6.45) is 3.26. The van der Waals surface area contributed by atoms with E-state index in [-0.39, 0.29) is 24.0 Å². The summed E-state index contributed by atoms with van der Waals surface area (Å²) in [5.41, 5.74) is 1.50. The fourth-order valence-corrected chi connectivity index (χ4v) is 4.97. The highest BCUT2D eigenvalue weighted by atomic mass is 32.2. The standard InChI is InChI=1S/C16H19N5O2S/c22-14(21-12-6-2-1-5-10(12)19-20-21)8-4-3-7-13-15-11(9-24-13)17-16(23)18-15/h1-2,5-6,11,13,15H,3-4,7-9H2,(H2,17,18,23)/t11-,13-,15-/m0/s1. The number of aromatic nitrogens is 3. The van der Waals surface area contributed by atoms with Crippen LogP contribution in [-0.4, -0.2) is 50.0 Å². The Kier molecular flexibility index (Phi) is 4.13. The number of fused-ring (bicyclic) bond motifs is 2. The second kappa shape index (κ2) is 6.43. The van der Waals surface area contributed by atoms with Crippen LogP contribution in [0.3, 0.4) is 0 Å². The third-order valence-electron chi connectivity index (χ3n) is 4.66. The SMILES string of the molecule is O=C1N[C@H]2[C@H](CS[C@H]2CCCCC(=O)n2nnc3ccccc32)N1. The van der Waals surface area contributed by atoms with Crippen molar-refractivity contribution in [1.29, 1.82) is 0 Å². The van der Waals surface area contributed by atoms with E-state index in [0.29, 0.717) is 11.7 Å². The molecule has 3 heterocycles. The summed E-state index contributed by atoms with van der Waals surface area (Å²) in [7, 11) is 0. The lowest BCUT2D eigenvalue weighted by molar-refractivity contribution is 0.0886. The van der Waals surface area contributed by atoms with Crippen LogP contribution in [0.15, 0.2) is 24.3 Å². The summed E-state index contributed by atoms with van der Waals surface area (Å²) in [6, 6.07) is 7.92. The third-order valence-corrected chi connectivity index (χ3v) is 6.16. The molecule has 8 heteroatoms. The first-order valence-corrected chi connectivity index (χ1v) is 9.29. The number of carbonyl (C=O) groups excluding carboxylic acids is 2.